The molecule has 1 aromatic heterocycles. The molecule has 0 bridgehead atoms. The molecule has 160 valence electrons. The third kappa shape index (κ3) is 5.01. The van der Waals surface area contributed by atoms with E-state index in [0.717, 1.165) is 16.8 Å². The van der Waals surface area contributed by atoms with Crippen molar-refractivity contribution in [2.75, 3.05) is 38.0 Å². The number of aromatic nitrogens is 1. The zero-order valence-corrected chi connectivity index (χ0v) is 17.3. The van der Waals surface area contributed by atoms with Gasteiger partial charge in [-0.05, 0) is 26.3 Å². The van der Waals surface area contributed by atoms with Gasteiger partial charge in [-0.15, -0.1) is 0 Å². The lowest BCUT2D eigenvalue weighted by Crippen LogP contribution is -2.50. The number of hydrogen-bond acceptors (Lipinski definition) is 7. The molecule has 0 radical (unpaired) electrons. The van der Waals surface area contributed by atoms with Crippen LogP contribution in [0.5, 0.6) is 0 Å². The SMILES string of the molecule is Cc1ccc([N+](=O)[O-])cc1NC(=O)CN1CCN(C(=O)Cc2c(C)noc2C)CC1. The van der Waals surface area contributed by atoms with E-state index in [1.165, 1.54) is 12.1 Å². The van der Waals surface area contributed by atoms with Gasteiger partial charge in [-0.1, -0.05) is 11.2 Å². The first kappa shape index (κ1) is 21.4. The van der Waals surface area contributed by atoms with Crippen molar-refractivity contribution in [2.24, 2.45) is 0 Å². The van der Waals surface area contributed by atoms with E-state index < -0.39 is 4.92 Å². The van der Waals surface area contributed by atoms with Crippen molar-refractivity contribution < 1.29 is 19.0 Å². The second-order valence-corrected chi connectivity index (χ2v) is 7.44. The quantitative estimate of drug-likeness (QED) is 0.564. The molecule has 0 saturated carbocycles. The van der Waals surface area contributed by atoms with Crippen LogP contribution in [-0.4, -0.2) is 64.4 Å². The van der Waals surface area contributed by atoms with E-state index in [2.05, 4.69) is 10.5 Å². The molecule has 2 amide bonds. The molecule has 1 aliphatic rings. The summed E-state index contributed by atoms with van der Waals surface area (Å²) in [7, 11) is 0. The molecule has 2 aromatic rings. The largest absolute Gasteiger partial charge is 0.361 e. The summed E-state index contributed by atoms with van der Waals surface area (Å²) in [5.74, 6) is 0.433. The second-order valence-electron chi connectivity index (χ2n) is 7.44. The maximum Gasteiger partial charge on any atom is 0.271 e. The highest BCUT2D eigenvalue weighted by Crippen LogP contribution is 2.22. The van der Waals surface area contributed by atoms with E-state index in [1.807, 2.05) is 11.8 Å². The monoisotopic (exact) mass is 415 g/mol. The van der Waals surface area contributed by atoms with Crippen LogP contribution in [0.3, 0.4) is 0 Å². The summed E-state index contributed by atoms with van der Waals surface area (Å²) in [6.45, 7) is 7.78. The minimum atomic E-state index is -0.492. The summed E-state index contributed by atoms with van der Waals surface area (Å²) < 4.78 is 5.11. The number of carbonyl (C=O) groups is 2. The highest BCUT2D eigenvalue weighted by atomic mass is 16.6. The number of nitro groups is 1. The van der Waals surface area contributed by atoms with Crippen LogP contribution >= 0.6 is 0 Å². The minimum Gasteiger partial charge on any atom is -0.361 e. The average Bonchev–Trinajstić information content (AvgIpc) is 3.02. The van der Waals surface area contributed by atoms with Gasteiger partial charge in [0.05, 0.1) is 29.3 Å². The fraction of sp³-hybridized carbons (Fsp3) is 0.450. The molecule has 0 unspecified atom stereocenters. The number of rotatable bonds is 6. The van der Waals surface area contributed by atoms with Crippen molar-refractivity contribution in [3.63, 3.8) is 0 Å². The molecule has 0 atom stereocenters. The van der Waals surface area contributed by atoms with Crippen molar-refractivity contribution in [1.29, 1.82) is 0 Å². The summed E-state index contributed by atoms with van der Waals surface area (Å²) in [6.07, 6.45) is 0.258. The Balaban J connectivity index is 1.50. The van der Waals surface area contributed by atoms with Gasteiger partial charge in [0.2, 0.25) is 11.8 Å². The molecule has 1 saturated heterocycles. The van der Waals surface area contributed by atoms with Crippen LogP contribution in [-0.2, 0) is 16.0 Å². The number of aryl methyl sites for hydroxylation is 3. The molecule has 2 heterocycles. The summed E-state index contributed by atoms with van der Waals surface area (Å²) in [5.41, 5.74) is 2.68. The Bertz CT molecular complexity index is 943. The Labute approximate surface area is 174 Å². The summed E-state index contributed by atoms with van der Waals surface area (Å²) in [4.78, 5) is 39.1. The molecule has 3 rings (SSSR count). The number of nitrogens with zero attached hydrogens (tertiary/aromatic N) is 4. The average molecular weight is 415 g/mol. The van der Waals surface area contributed by atoms with E-state index in [1.54, 1.807) is 24.8 Å². The van der Waals surface area contributed by atoms with Crippen LogP contribution in [0.2, 0.25) is 0 Å². The lowest BCUT2D eigenvalue weighted by molar-refractivity contribution is -0.384. The molecule has 1 aromatic carbocycles. The van der Waals surface area contributed by atoms with Gasteiger partial charge in [0.15, 0.2) is 0 Å². The van der Waals surface area contributed by atoms with Crippen LogP contribution in [0.25, 0.3) is 0 Å². The van der Waals surface area contributed by atoms with Gasteiger partial charge in [-0.3, -0.25) is 24.6 Å². The molecular weight excluding hydrogens is 390 g/mol. The zero-order chi connectivity index (χ0) is 21.8. The first-order valence-electron chi connectivity index (χ1n) is 9.71. The lowest BCUT2D eigenvalue weighted by atomic mass is 10.1. The third-order valence-electron chi connectivity index (χ3n) is 5.31. The van der Waals surface area contributed by atoms with Crippen molar-refractivity contribution in [3.8, 4) is 0 Å². The fourth-order valence-corrected chi connectivity index (χ4v) is 3.42. The van der Waals surface area contributed by atoms with Gasteiger partial charge >= 0.3 is 0 Å². The Morgan fingerprint density at radius 2 is 1.90 bits per heavy atom. The Morgan fingerprint density at radius 3 is 2.50 bits per heavy atom. The van der Waals surface area contributed by atoms with E-state index in [-0.39, 0.29) is 30.5 Å². The minimum absolute atomic E-state index is 0.0146. The predicted molar refractivity (Wildman–Crippen MR) is 109 cm³/mol. The number of amides is 2. The molecule has 0 spiro atoms. The third-order valence-corrected chi connectivity index (χ3v) is 5.31. The highest BCUT2D eigenvalue weighted by molar-refractivity contribution is 5.93. The Morgan fingerprint density at radius 1 is 1.20 bits per heavy atom. The van der Waals surface area contributed by atoms with Crippen LogP contribution in [0.1, 0.15) is 22.6 Å². The molecule has 0 aliphatic carbocycles. The number of anilines is 1. The van der Waals surface area contributed by atoms with Gasteiger partial charge in [0.1, 0.15) is 5.76 Å². The van der Waals surface area contributed by atoms with Gasteiger partial charge in [0.25, 0.3) is 5.69 Å². The lowest BCUT2D eigenvalue weighted by Gasteiger charge is -2.34. The van der Waals surface area contributed by atoms with Gasteiger partial charge in [-0.2, -0.15) is 0 Å². The molecule has 30 heavy (non-hydrogen) atoms. The van der Waals surface area contributed by atoms with E-state index in [0.29, 0.717) is 37.6 Å². The number of hydrogen-bond donors (Lipinski definition) is 1. The maximum absolute atomic E-state index is 12.6. The number of carbonyl (C=O) groups excluding carboxylic acids is 2. The summed E-state index contributed by atoms with van der Waals surface area (Å²) >= 11 is 0. The van der Waals surface area contributed by atoms with Crippen LogP contribution in [0.4, 0.5) is 11.4 Å². The molecule has 1 fully saturated rings. The van der Waals surface area contributed by atoms with E-state index in [9.17, 15) is 19.7 Å². The number of piperazine rings is 1. The normalized spacial score (nSPS) is 14.6. The number of non-ortho nitro benzene ring substituents is 1. The van der Waals surface area contributed by atoms with Crippen LogP contribution in [0.15, 0.2) is 22.7 Å². The van der Waals surface area contributed by atoms with Crippen LogP contribution in [0, 0.1) is 30.9 Å². The van der Waals surface area contributed by atoms with Crippen molar-refractivity contribution in [3.05, 3.63) is 50.9 Å². The molecule has 1 aliphatic heterocycles. The zero-order valence-electron chi connectivity index (χ0n) is 17.3. The number of benzene rings is 1. The van der Waals surface area contributed by atoms with Crippen molar-refractivity contribution in [1.82, 2.24) is 15.0 Å². The molecule has 10 nitrogen and oxygen atoms in total. The topological polar surface area (TPSA) is 122 Å². The first-order chi connectivity index (χ1) is 14.2. The predicted octanol–water partition coefficient (Wildman–Crippen LogP) is 1.83. The molecular formula is C20H25N5O5. The Hall–Kier alpha value is -3.27. The summed E-state index contributed by atoms with van der Waals surface area (Å²) in [6, 6.07) is 4.37. The van der Waals surface area contributed by atoms with Crippen LogP contribution < -0.4 is 5.32 Å². The molecule has 1 N–H and O–H groups in total. The highest BCUT2D eigenvalue weighted by Gasteiger charge is 2.24. The molecule has 10 heteroatoms. The summed E-state index contributed by atoms with van der Waals surface area (Å²) in [5, 5.41) is 17.6. The Kier molecular flexibility index (Phi) is 6.46. The standard InChI is InChI=1S/C20H25N5O5/c1-13-4-5-16(25(28)29)10-18(13)21-19(26)12-23-6-8-24(9-7-23)20(27)11-17-14(2)22-30-15(17)3/h4-5,10H,6-9,11-12H2,1-3H3,(H,21,26). The smallest absolute Gasteiger partial charge is 0.271 e. The van der Waals surface area contributed by atoms with Gasteiger partial charge < -0.3 is 14.7 Å². The first-order valence-corrected chi connectivity index (χ1v) is 9.71. The maximum atomic E-state index is 12.6. The van der Waals surface area contributed by atoms with E-state index in [4.69, 9.17) is 4.52 Å². The second kappa shape index (κ2) is 9.04. The van der Waals surface area contributed by atoms with Crippen molar-refractivity contribution in [2.45, 2.75) is 27.2 Å². The van der Waals surface area contributed by atoms with E-state index >= 15 is 0 Å². The fourth-order valence-electron chi connectivity index (χ4n) is 3.42. The van der Waals surface area contributed by atoms with Gasteiger partial charge in [0, 0.05) is 43.9 Å². The van der Waals surface area contributed by atoms with Crippen molar-refractivity contribution >= 4 is 23.2 Å². The number of nitrogens with one attached hydrogen (secondary N) is 1. The number of nitro benzene ring substituents is 1. The van der Waals surface area contributed by atoms with Gasteiger partial charge in [-0.25, -0.2) is 0 Å².